The van der Waals surface area contributed by atoms with Gasteiger partial charge in [0.25, 0.3) is 0 Å². The van der Waals surface area contributed by atoms with Gasteiger partial charge in [0.2, 0.25) is 5.91 Å². The number of aromatic nitrogens is 2. The molecule has 3 aromatic rings. The summed E-state index contributed by atoms with van der Waals surface area (Å²) in [7, 11) is 1.93. The maximum atomic E-state index is 12.3. The van der Waals surface area contributed by atoms with Gasteiger partial charge < -0.3 is 19.4 Å². The largest absolute Gasteiger partial charge is 0.486 e. The molecule has 1 amide bonds. The molecule has 0 radical (unpaired) electrons. The molecule has 0 fully saturated rings. The van der Waals surface area contributed by atoms with Crippen molar-refractivity contribution >= 4 is 35.0 Å². The monoisotopic (exact) mass is 415 g/mol. The average molecular weight is 416 g/mol. The van der Waals surface area contributed by atoms with Crippen LogP contribution in [0.2, 0.25) is 5.02 Å². The van der Waals surface area contributed by atoms with E-state index in [0.29, 0.717) is 35.4 Å². The number of hydrogen-bond donors (Lipinski definition) is 1. The number of hydrogen-bond acceptors (Lipinski definition) is 5. The highest BCUT2D eigenvalue weighted by molar-refractivity contribution is 7.99. The van der Waals surface area contributed by atoms with Crippen molar-refractivity contribution in [2.24, 2.45) is 7.05 Å². The Labute approximate surface area is 171 Å². The Morgan fingerprint density at radius 1 is 1.18 bits per heavy atom. The maximum Gasteiger partial charge on any atom is 0.234 e. The van der Waals surface area contributed by atoms with Crippen molar-refractivity contribution < 1.29 is 14.3 Å². The van der Waals surface area contributed by atoms with Crippen LogP contribution in [-0.2, 0) is 11.8 Å². The molecule has 8 heteroatoms. The number of halogens is 1. The maximum absolute atomic E-state index is 12.3. The lowest BCUT2D eigenvalue weighted by Crippen LogP contribution is -2.17. The smallest absolute Gasteiger partial charge is 0.234 e. The number of thioether (sulfide) groups is 1. The SMILES string of the molecule is Cn1c(-c2ccc(Cl)cc2)cnc1SCC(=O)Nc1ccc2c(c1)OCCO2. The van der Waals surface area contributed by atoms with Gasteiger partial charge in [-0.1, -0.05) is 35.5 Å². The van der Waals surface area contributed by atoms with Gasteiger partial charge in [0.1, 0.15) is 13.2 Å². The van der Waals surface area contributed by atoms with Gasteiger partial charge in [-0.2, -0.15) is 0 Å². The van der Waals surface area contributed by atoms with E-state index in [1.165, 1.54) is 11.8 Å². The summed E-state index contributed by atoms with van der Waals surface area (Å²) in [4.78, 5) is 16.8. The first-order chi connectivity index (χ1) is 13.6. The van der Waals surface area contributed by atoms with Crippen molar-refractivity contribution in [1.29, 1.82) is 0 Å². The zero-order chi connectivity index (χ0) is 19.5. The molecule has 28 heavy (non-hydrogen) atoms. The number of carbonyl (C=O) groups is 1. The minimum absolute atomic E-state index is 0.113. The molecule has 1 aromatic heterocycles. The number of amides is 1. The van der Waals surface area contributed by atoms with Crippen LogP contribution in [0, 0.1) is 0 Å². The molecule has 1 N–H and O–H groups in total. The van der Waals surface area contributed by atoms with E-state index in [4.69, 9.17) is 21.1 Å². The van der Waals surface area contributed by atoms with E-state index >= 15 is 0 Å². The molecule has 2 aromatic carbocycles. The highest BCUT2D eigenvalue weighted by atomic mass is 35.5. The van der Waals surface area contributed by atoms with Gasteiger partial charge in [-0.3, -0.25) is 4.79 Å². The van der Waals surface area contributed by atoms with Gasteiger partial charge in [-0.05, 0) is 29.8 Å². The Kier molecular flexibility index (Phi) is 5.45. The Morgan fingerprint density at radius 2 is 1.93 bits per heavy atom. The van der Waals surface area contributed by atoms with Gasteiger partial charge >= 0.3 is 0 Å². The number of ether oxygens (including phenoxy) is 2. The van der Waals surface area contributed by atoms with Crippen LogP contribution in [0.4, 0.5) is 5.69 Å². The van der Waals surface area contributed by atoms with E-state index < -0.39 is 0 Å². The van der Waals surface area contributed by atoms with Crippen LogP contribution in [0.1, 0.15) is 0 Å². The number of fused-ring (bicyclic) bond motifs is 1. The van der Waals surface area contributed by atoms with E-state index in [2.05, 4.69) is 10.3 Å². The molecule has 0 aliphatic carbocycles. The molecule has 144 valence electrons. The number of anilines is 1. The predicted octanol–water partition coefficient (Wildman–Crippen LogP) is 4.24. The minimum Gasteiger partial charge on any atom is -0.486 e. The quantitative estimate of drug-likeness (QED) is 0.631. The van der Waals surface area contributed by atoms with Crippen molar-refractivity contribution in [3.8, 4) is 22.8 Å². The van der Waals surface area contributed by atoms with E-state index in [9.17, 15) is 4.79 Å². The summed E-state index contributed by atoms with van der Waals surface area (Å²) < 4.78 is 13.0. The lowest BCUT2D eigenvalue weighted by Gasteiger charge is -2.19. The van der Waals surface area contributed by atoms with E-state index in [-0.39, 0.29) is 11.7 Å². The number of imidazole rings is 1. The first-order valence-electron chi connectivity index (χ1n) is 8.70. The second kappa shape index (κ2) is 8.16. The number of carbonyl (C=O) groups excluding carboxylic acids is 1. The van der Waals surface area contributed by atoms with Crippen molar-refractivity contribution in [2.75, 3.05) is 24.3 Å². The summed E-state index contributed by atoms with van der Waals surface area (Å²) in [6.45, 7) is 1.05. The predicted molar refractivity (Wildman–Crippen MR) is 110 cm³/mol. The summed E-state index contributed by atoms with van der Waals surface area (Å²) in [6, 6.07) is 13.0. The molecule has 4 rings (SSSR count). The first kappa shape index (κ1) is 18.7. The highest BCUT2D eigenvalue weighted by Crippen LogP contribution is 2.32. The molecule has 0 spiro atoms. The molecule has 1 aliphatic heterocycles. The third-order valence-electron chi connectivity index (χ3n) is 4.24. The molecule has 6 nitrogen and oxygen atoms in total. The molecular formula is C20H18ClN3O3S. The Balaban J connectivity index is 1.38. The minimum atomic E-state index is -0.113. The van der Waals surface area contributed by atoms with Gasteiger partial charge in [0.05, 0.1) is 17.6 Å². The molecule has 2 heterocycles. The summed E-state index contributed by atoms with van der Waals surface area (Å²) in [5.74, 6) is 1.48. The van der Waals surface area contributed by atoms with Crippen LogP contribution in [0.15, 0.2) is 53.8 Å². The van der Waals surface area contributed by atoms with E-state index in [1.54, 1.807) is 24.4 Å². The van der Waals surface area contributed by atoms with Crippen molar-refractivity contribution in [3.63, 3.8) is 0 Å². The molecule has 0 unspecified atom stereocenters. The normalized spacial score (nSPS) is 12.6. The zero-order valence-corrected chi connectivity index (χ0v) is 16.7. The van der Waals surface area contributed by atoms with Crippen LogP contribution in [-0.4, -0.2) is 34.4 Å². The van der Waals surface area contributed by atoms with Crippen molar-refractivity contribution in [1.82, 2.24) is 9.55 Å². The summed E-state index contributed by atoms with van der Waals surface area (Å²) >= 11 is 7.33. The first-order valence-corrected chi connectivity index (χ1v) is 10.1. The van der Waals surface area contributed by atoms with Crippen LogP contribution in [0.25, 0.3) is 11.3 Å². The number of rotatable bonds is 5. The fourth-order valence-corrected chi connectivity index (χ4v) is 3.74. The standard InChI is InChI=1S/C20H18ClN3O3S/c1-24-16(13-2-4-14(21)5-3-13)11-22-20(24)28-12-19(25)23-15-6-7-17-18(10-15)27-9-8-26-17/h2-7,10-11H,8-9,12H2,1H3,(H,23,25). The van der Waals surface area contributed by atoms with Crippen LogP contribution in [0.5, 0.6) is 11.5 Å². The second-order valence-electron chi connectivity index (χ2n) is 6.19. The van der Waals surface area contributed by atoms with E-state index in [0.717, 1.165) is 16.4 Å². The Morgan fingerprint density at radius 3 is 2.71 bits per heavy atom. The van der Waals surface area contributed by atoms with Gasteiger partial charge in [0.15, 0.2) is 16.7 Å². The zero-order valence-electron chi connectivity index (χ0n) is 15.1. The third kappa shape index (κ3) is 4.10. The molecule has 0 bridgehead atoms. The molecule has 0 saturated heterocycles. The average Bonchev–Trinajstić information content (AvgIpc) is 3.07. The fourth-order valence-electron chi connectivity index (χ4n) is 2.86. The molecule has 0 atom stereocenters. The fraction of sp³-hybridized carbons (Fsp3) is 0.200. The van der Waals surface area contributed by atoms with Crippen LogP contribution in [0.3, 0.4) is 0 Å². The van der Waals surface area contributed by atoms with Gasteiger partial charge in [-0.15, -0.1) is 0 Å². The Hall–Kier alpha value is -2.64. The topological polar surface area (TPSA) is 65.4 Å². The summed E-state index contributed by atoms with van der Waals surface area (Å²) in [5.41, 5.74) is 2.66. The lowest BCUT2D eigenvalue weighted by molar-refractivity contribution is -0.113. The van der Waals surface area contributed by atoms with Crippen LogP contribution < -0.4 is 14.8 Å². The third-order valence-corrected chi connectivity index (χ3v) is 5.54. The van der Waals surface area contributed by atoms with Crippen molar-refractivity contribution in [2.45, 2.75) is 5.16 Å². The van der Waals surface area contributed by atoms with Crippen LogP contribution >= 0.6 is 23.4 Å². The summed E-state index contributed by atoms with van der Waals surface area (Å²) in [5, 5.41) is 4.34. The number of benzene rings is 2. The molecule has 0 saturated carbocycles. The molecule has 1 aliphatic rings. The van der Waals surface area contributed by atoms with E-state index in [1.807, 2.05) is 35.9 Å². The van der Waals surface area contributed by atoms with Crippen molar-refractivity contribution in [3.05, 3.63) is 53.7 Å². The number of nitrogens with zero attached hydrogens (tertiary/aromatic N) is 2. The van der Waals surface area contributed by atoms with Gasteiger partial charge in [0, 0.05) is 23.8 Å². The molecular weight excluding hydrogens is 398 g/mol. The lowest BCUT2D eigenvalue weighted by atomic mass is 10.2. The highest BCUT2D eigenvalue weighted by Gasteiger charge is 2.14. The number of nitrogens with one attached hydrogen (secondary N) is 1. The summed E-state index contributed by atoms with van der Waals surface area (Å²) in [6.07, 6.45) is 1.80. The second-order valence-corrected chi connectivity index (χ2v) is 7.57. The Bertz CT molecular complexity index is 1000. The van der Waals surface area contributed by atoms with Gasteiger partial charge in [-0.25, -0.2) is 4.98 Å².